The molecule has 0 N–H and O–H groups in total. The summed E-state index contributed by atoms with van der Waals surface area (Å²) in [6.07, 6.45) is 1.52. The Morgan fingerprint density at radius 2 is 1.69 bits per heavy atom. The van der Waals surface area contributed by atoms with Gasteiger partial charge in [-0.1, -0.05) is 16.8 Å². The van der Waals surface area contributed by atoms with Crippen LogP contribution in [0.5, 0.6) is 5.75 Å². The number of fused-ring (bicyclic) bond motifs is 1. The lowest BCUT2D eigenvalue weighted by atomic mass is 10.2. The minimum absolute atomic E-state index is 0.000369. The van der Waals surface area contributed by atoms with E-state index >= 15 is 0 Å². The molecule has 0 saturated carbocycles. The Bertz CT molecular complexity index is 1250. The average Bonchev–Trinajstić information content (AvgIpc) is 3.29. The first-order valence-corrected chi connectivity index (χ1v) is 10.5. The van der Waals surface area contributed by atoms with Crippen molar-refractivity contribution in [3.05, 3.63) is 65.4 Å². The minimum Gasteiger partial charge on any atom is -0.497 e. The summed E-state index contributed by atoms with van der Waals surface area (Å²) in [4.78, 5) is 25.6. The average molecular weight is 450 g/mol. The highest BCUT2D eigenvalue weighted by Gasteiger charge is 2.25. The van der Waals surface area contributed by atoms with Crippen LogP contribution in [0.25, 0.3) is 16.9 Å². The van der Waals surface area contributed by atoms with Crippen molar-refractivity contribution in [2.75, 3.05) is 38.2 Å². The van der Waals surface area contributed by atoms with Gasteiger partial charge in [0.05, 0.1) is 12.8 Å². The second-order valence-electron chi connectivity index (χ2n) is 7.35. The number of piperazine rings is 1. The van der Waals surface area contributed by atoms with Crippen LogP contribution in [0.1, 0.15) is 10.4 Å². The van der Waals surface area contributed by atoms with E-state index < -0.39 is 0 Å². The molecule has 1 amide bonds. The predicted octanol–water partition coefficient (Wildman–Crippen LogP) is 2.83. The number of carbonyl (C=O) groups is 1. The van der Waals surface area contributed by atoms with E-state index in [1.165, 1.54) is 6.33 Å². The van der Waals surface area contributed by atoms with E-state index in [-0.39, 0.29) is 5.91 Å². The number of aromatic nitrogens is 5. The lowest BCUT2D eigenvalue weighted by Crippen LogP contribution is -2.49. The van der Waals surface area contributed by atoms with Crippen molar-refractivity contribution >= 4 is 34.5 Å². The zero-order valence-corrected chi connectivity index (χ0v) is 18.1. The smallest absolute Gasteiger partial charge is 0.253 e. The Morgan fingerprint density at radius 3 is 2.38 bits per heavy atom. The Morgan fingerprint density at radius 1 is 0.969 bits per heavy atom. The van der Waals surface area contributed by atoms with Crippen molar-refractivity contribution in [3.63, 3.8) is 0 Å². The fourth-order valence-corrected chi connectivity index (χ4v) is 3.89. The Balaban J connectivity index is 1.35. The van der Waals surface area contributed by atoms with Gasteiger partial charge in [-0.15, -0.1) is 5.10 Å². The molecule has 1 fully saturated rings. The zero-order valence-electron chi connectivity index (χ0n) is 17.3. The van der Waals surface area contributed by atoms with Crippen LogP contribution in [-0.2, 0) is 0 Å². The van der Waals surface area contributed by atoms with Crippen molar-refractivity contribution in [1.82, 2.24) is 29.9 Å². The Kier molecular flexibility index (Phi) is 5.32. The van der Waals surface area contributed by atoms with E-state index in [0.717, 1.165) is 11.4 Å². The van der Waals surface area contributed by atoms with E-state index in [0.29, 0.717) is 53.7 Å². The first kappa shape index (κ1) is 20.2. The van der Waals surface area contributed by atoms with Gasteiger partial charge in [-0.3, -0.25) is 4.79 Å². The summed E-state index contributed by atoms with van der Waals surface area (Å²) in [5, 5.41) is 9.25. The van der Waals surface area contributed by atoms with Crippen LogP contribution in [0.2, 0.25) is 5.02 Å². The first-order chi connectivity index (χ1) is 15.6. The number of anilines is 1. The summed E-state index contributed by atoms with van der Waals surface area (Å²) < 4.78 is 6.90. The van der Waals surface area contributed by atoms with Gasteiger partial charge in [0.1, 0.15) is 12.1 Å². The number of halogens is 1. The summed E-state index contributed by atoms with van der Waals surface area (Å²) in [6.45, 7) is 2.45. The molecule has 32 heavy (non-hydrogen) atoms. The largest absolute Gasteiger partial charge is 0.497 e. The van der Waals surface area contributed by atoms with E-state index in [1.807, 2.05) is 29.2 Å². The maximum atomic E-state index is 12.8. The molecule has 0 radical (unpaired) electrons. The van der Waals surface area contributed by atoms with Gasteiger partial charge in [0, 0.05) is 36.8 Å². The minimum atomic E-state index is -0.000369. The molecule has 0 atom stereocenters. The van der Waals surface area contributed by atoms with Gasteiger partial charge in [0.15, 0.2) is 17.0 Å². The summed E-state index contributed by atoms with van der Waals surface area (Å²) in [5.41, 5.74) is 2.71. The number of methoxy groups -OCH3 is 1. The highest BCUT2D eigenvalue weighted by Crippen LogP contribution is 2.24. The predicted molar refractivity (Wildman–Crippen MR) is 121 cm³/mol. The zero-order chi connectivity index (χ0) is 22.1. The van der Waals surface area contributed by atoms with E-state index in [2.05, 4.69) is 25.2 Å². The summed E-state index contributed by atoms with van der Waals surface area (Å²) in [6, 6.07) is 14.5. The monoisotopic (exact) mass is 449 g/mol. The molecular formula is C22H20ClN7O2. The standard InChI is InChI=1S/C22H20ClN7O2/c1-32-18-8-6-17(7-9-18)30-21-19(26-27-30)20(24-14-25-21)28-10-12-29(13-11-28)22(31)15-2-4-16(23)5-3-15/h2-9,14H,10-13H2,1H3. The van der Waals surface area contributed by atoms with Gasteiger partial charge in [-0.05, 0) is 48.5 Å². The summed E-state index contributed by atoms with van der Waals surface area (Å²) in [7, 11) is 1.63. The molecule has 1 aliphatic rings. The molecule has 9 nitrogen and oxygen atoms in total. The van der Waals surface area contributed by atoms with Gasteiger partial charge < -0.3 is 14.5 Å². The highest BCUT2D eigenvalue weighted by molar-refractivity contribution is 6.30. The molecule has 2 aromatic heterocycles. The molecule has 1 aliphatic heterocycles. The second kappa shape index (κ2) is 8.43. The number of rotatable bonds is 4. The molecule has 0 aliphatic carbocycles. The summed E-state index contributed by atoms with van der Waals surface area (Å²) >= 11 is 5.93. The molecule has 0 bridgehead atoms. The number of hydrogen-bond acceptors (Lipinski definition) is 7. The molecule has 4 aromatic rings. The van der Waals surface area contributed by atoms with Crippen molar-refractivity contribution in [1.29, 1.82) is 0 Å². The SMILES string of the molecule is COc1ccc(-n2nnc3c(N4CCN(C(=O)c5ccc(Cl)cc5)CC4)ncnc32)cc1. The van der Waals surface area contributed by atoms with Crippen molar-refractivity contribution in [2.45, 2.75) is 0 Å². The van der Waals surface area contributed by atoms with Gasteiger partial charge >= 0.3 is 0 Å². The molecule has 3 heterocycles. The van der Waals surface area contributed by atoms with Crippen LogP contribution >= 0.6 is 11.6 Å². The number of hydrogen-bond donors (Lipinski definition) is 0. The topological polar surface area (TPSA) is 89.3 Å². The Hall–Kier alpha value is -3.72. The van der Waals surface area contributed by atoms with Crippen LogP contribution < -0.4 is 9.64 Å². The quantitative estimate of drug-likeness (QED) is 0.473. The van der Waals surface area contributed by atoms with E-state index in [4.69, 9.17) is 16.3 Å². The molecule has 162 valence electrons. The van der Waals surface area contributed by atoms with Gasteiger partial charge in [0.25, 0.3) is 5.91 Å². The van der Waals surface area contributed by atoms with Crippen LogP contribution in [0.15, 0.2) is 54.9 Å². The number of ether oxygens (including phenoxy) is 1. The van der Waals surface area contributed by atoms with Crippen LogP contribution in [-0.4, -0.2) is 69.1 Å². The second-order valence-corrected chi connectivity index (χ2v) is 7.79. The Labute approximate surface area is 189 Å². The maximum Gasteiger partial charge on any atom is 0.253 e. The highest BCUT2D eigenvalue weighted by atomic mass is 35.5. The van der Waals surface area contributed by atoms with Crippen LogP contribution in [0.3, 0.4) is 0 Å². The third-order valence-electron chi connectivity index (χ3n) is 5.49. The van der Waals surface area contributed by atoms with E-state index in [1.54, 1.807) is 36.1 Å². The maximum absolute atomic E-state index is 12.8. The van der Waals surface area contributed by atoms with Crippen molar-refractivity contribution in [3.8, 4) is 11.4 Å². The molecular weight excluding hydrogens is 430 g/mol. The van der Waals surface area contributed by atoms with Gasteiger partial charge in [-0.2, -0.15) is 4.68 Å². The number of carbonyl (C=O) groups excluding carboxylic acids is 1. The first-order valence-electron chi connectivity index (χ1n) is 10.1. The number of nitrogens with zero attached hydrogens (tertiary/aromatic N) is 7. The normalized spacial score (nSPS) is 14.1. The molecule has 5 rings (SSSR count). The third-order valence-corrected chi connectivity index (χ3v) is 5.74. The molecule has 2 aromatic carbocycles. The summed E-state index contributed by atoms with van der Waals surface area (Å²) in [5.74, 6) is 1.48. The van der Waals surface area contributed by atoms with Gasteiger partial charge in [0.2, 0.25) is 0 Å². The van der Waals surface area contributed by atoms with Crippen molar-refractivity contribution < 1.29 is 9.53 Å². The number of benzene rings is 2. The fraction of sp³-hybridized carbons (Fsp3) is 0.227. The fourth-order valence-electron chi connectivity index (χ4n) is 3.76. The van der Waals surface area contributed by atoms with Crippen LogP contribution in [0, 0.1) is 0 Å². The lowest BCUT2D eigenvalue weighted by molar-refractivity contribution is 0.0746. The van der Waals surface area contributed by atoms with Crippen molar-refractivity contribution in [2.24, 2.45) is 0 Å². The lowest BCUT2D eigenvalue weighted by Gasteiger charge is -2.35. The van der Waals surface area contributed by atoms with Crippen LogP contribution in [0.4, 0.5) is 5.82 Å². The molecule has 0 spiro atoms. The van der Waals surface area contributed by atoms with E-state index in [9.17, 15) is 4.79 Å². The van der Waals surface area contributed by atoms with Gasteiger partial charge in [-0.25, -0.2) is 9.97 Å². The molecule has 1 saturated heterocycles. The molecule has 0 unspecified atom stereocenters. The molecule has 10 heteroatoms. The third kappa shape index (κ3) is 3.71. The number of amides is 1.